The van der Waals surface area contributed by atoms with Gasteiger partial charge in [-0.25, -0.2) is 9.97 Å². The van der Waals surface area contributed by atoms with Crippen LogP contribution in [0.2, 0.25) is 0 Å². The summed E-state index contributed by atoms with van der Waals surface area (Å²) < 4.78 is 7.00. The lowest BCUT2D eigenvalue weighted by molar-refractivity contribution is 0.0640. The second-order valence-corrected chi connectivity index (χ2v) is 11.1. The van der Waals surface area contributed by atoms with Gasteiger partial charge in [0.25, 0.3) is 5.91 Å². The molecule has 0 aliphatic carbocycles. The molecule has 5 aromatic rings. The van der Waals surface area contributed by atoms with Crippen molar-refractivity contribution in [3.8, 4) is 0 Å². The van der Waals surface area contributed by atoms with Crippen LogP contribution < -0.4 is 5.73 Å². The molecule has 7 rings (SSSR count). The van der Waals surface area contributed by atoms with E-state index in [0.717, 1.165) is 44.2 Å². The maximum Gasteiger partial charge on any atom is 0.254 e. The quantitative estimate of drug-likeness (QED) is 0.322. The third-order valence-corrected chi connectivity index (χ3v) is 9.02. The molecule has 0 saturated carbocycles. The molecule has 35 heavy (non-hydrogen) atoms. The highest BCUT2D eigenvalue weighted by Crippen LogP contribution is 2.40. The average Bonchev–Trinajstić information content (AvgIpc) is 3.61. The predicted molar refractivity (Wildman–Crippen MR) is 140 cm³/mol. The number of aromatic nitrogens is 2. The minimum absolute atomic E-state index is 0.0182. The standard InChI is InChI=1S/C27H22N4O2S2/c1-14-25-19(12-33-14)18-8-16(2-4-20(18)30-26(25)28)27(32)31-11-17-6-7-34-24(17)10-22(31)15-3-5-23-21(9-15)29-13-35-23/h2-9,13-14,22H,10-12H2,1H3,(H2,28,30). The van der Waals surface area contributed by atoms with Crippen LogP contribution in [-0.4, -0.2) is 20.8 Å². The number of nitrogens with zero attached hydrogens (tertiary/aromatic N) is 3. The molecule has 3 aromatic heterocycles. The van der Waals surface area contributed by atoms with E-state index in [2.05, 4.69) is 39.6 Å². The molecule has 6 nitrogen and oxygen atoms in total. The molecule has 0 saturated heterocycles. The van der Waals surface area contributed by atoms with Gasteiger partial charge in [0.2, 0.25) is 0 Å². The van der Waals surface area contributed by atoms with Crippen LogP contribution in [0.5, 0.6) is 0 Å². The highest BCUT2D eigenvalue weighted by molar-refractivity contribution is 7.16. The second kappa shape index (κ2) is 7.84. The molecular formula is C27H22N4O2S2. The Hall–Kier alpha value is -3.33. The smallest absolute Gasteiger partial charge is 0.254 e. The van der Waals surface area contributed by atoms with Gasteiger partial charge in [0.15, 0.2) is 0 Å². The summed E-state index contributed by atoms with van der Waals surface area (Å²) in [6.45, 7) is 3.06. The van der Waals surface area contributed by atoms with E-state index in [9.17, 15) is 4.79 Å². The highest BCUT2D eigenvalue weighted by atomic mass is 32.1. The zero-order valence-electron chi connectivity index (χ0n) is 19.0. The molecule has 2 aromatic carbocycles. The Kier molecular flexibility index (Phi) is 4.70. The molecule has 2 N–H and O–H groups in total. The normalized spacial score (nSPS) is 19.3. The largest absolute Gasteiger partial charge is 0.383 e. The highest BCUT2D eigenvalue weighted by Gasteiger charge is 2.33. The van der Waals surface area contributed by atoms with Crippen LogP contribution >= 0.6 is 22.7 Å². The fourth-order valence-electron chi connectivity index (χ4n) is 5.42. The minimum Gasteiger partial charge on any atom is -0.383 e. The summed E-state index contributed by atoms with van der Waals surface area (Å²) in [6.07, 6.45) is 0.714. The van der Waals surface area contributed by atoms with E-state index in [1.165, 1.54) is 10.4 Å². The molecule has 174 valence electrons. The summed E-state index contributed by atoms with van der Waals surface area (Å²) in [5.74, 6) is 0.528. The van der Waals surface area contributed by atoms with E-state index < -0.39 is 0 Å². The van der Waals surface area contributed by atoms with Crippen LogP contribution in [0, 0.1) is 0 Å². The molecule has 0 spiro atoms. The maximum atomic E-state index is 14.0. The van der Waals surface area contributed by atoms with Gasteiger partial charge in [-0.1, -0.05) is 6.07 Å². The van der Waals surface area contributed by atoms with Gasteiger partial charge in [0, 0.05) is 34.4 Å². The summed E-state index contributed by atoms with van der Waals surface area (Å²) in [5.41, 5.74) is 14.9. The Morgan fingerprint density at radius 1 is 1.14 bits per heavy atom. The topological polar surface area (TPSA) is 81.3 Å². The number of nitrogen functional groups attached to an aromatic ring is 1. The van der Waals surface area contributed by atoms with Crippen LogP contribution in [0.25, 0.3) is 21.1 Å². The molecule has 1 amide bonds. The van der Waals surface area contributed by atoms with Crippen molar-refractivity contribution in [3.05, 3.63) is 86.0 Å². The number of amides is 1. The van der Waals surface area contributed by atoms with Crippen molar-refractivity contribution in [3.63, 3.8) is 0 Å². The van der Waals surface area contributed by atoms with Crippen LogP contribution in [0.15, 0.2) is 53.4 Å². The lowest BCUT2D eigenvalue weighted by Gasteiger charge is -2.36. The first-order chi connectivity index (χ1) is 17.1. The lowest BCUT2D eigenvalue weighted by Crippen LogP contribution is -2.38. The summed E-state index contributed by atoms with van der Waals surface area (Å²) in [6, 6.07) is 14.2. The number of pyridine rings is 1. The number of hydrogen-bond donors (Lipinski definition) is 1. The molecule has 8 heteroatoms. The van der Waals surface area contributed by atoms with Crippen molar-refractivity contribution >= 4 is 55.5 Å². The number of anilines is 1. The van der Waals surface area contributed by atoms with Gasteiger partial charge in [-0.15, -0.1) is 22.7 Å². The maximum absolute atomic E-state index is 14.0. The fourth-order valence-corrected chi connectivity index (χ4v) is 7.02. The number of hydrogen-bond acceptors (Lipinski definition) is 7. The van der Waals surface area contributed by atoms with E-state index in [1.54, 1.807) is 22.7 Å². The number of nitrogens with two attached hydrogens (primary N) is 1. The van der Waals surface area contributed by atoms with Crippen molar-refractivity contribution < 1.29 is 9.53 Å². The minimum atomic E-state index is -0.0922. The molecule has 0 fully saturated rings. The van der Waals surface area contributed by atoms with E-state index >= 15 is 0 Å². The summed E-state index contributed by atoms with van der Waals surface area (Å²) in [7, 11) is 0. The summed E-state index contributed by atoms with van der Waals surface area (Å²) >= 11 is 3.40. The average molecular weight is 499 g/mol. The number of ether oxygens (including phenoxy) is 1. The summed E-state index contributed by atoms with van der Waals surface area (Å²) in [4.78, 5) is 26.5. The van der Waals surface area contributed by atoms with Gasteiger partial charge < -0.3 is 15.4 Å². The first-order valence-corrected chi connectivity index (χ1v) is 13.4. The molecule has 5 heterocycles. The third kappa shape index (κ3) is 3.28. The second-order valence-electron chi connectivity index (χ2n) is 9.18. The summed E-state index contributed by atoms with van der Waals surface area (Å²) in [5, 5.41) is 3.06. The van der Waals surface area contributed by atoms with Gasteiger partial charge >= 0.3 is 0 Å². The zero-order valence-corrected chi connectivity index (χ0v) is 20.7. The third-order valence-electron chi connectivity index (χ3n) is 7.23. The molecule has 2 aliphatic rings. The monoisotopic (exact) mass is 498 g/mol. The Bertz CT molecular complexity index is 1640. The number of thiazole rings is 1. The van der Waals surface area contributed by atoms with Gasteiger partial charge in [0.05, 0.1) is 40.0 Å². The van der Waals surface area contributed by atoms with Crippen LogP contribution in [0.1, 0.15) is 56.6 Å². The number of carbonyl (C=O) groups excluding carboxylic acids is 1. The van der Waals surface area contributed by atoms with Crippen LogP contribution in [0.4, 0.5) is 5.82 Å². The number of fused-ring (bicyclic) bond motifs is 5. The van der Waals surface area contributed by atoms with Crippen molar-refractivity contribution in [1.82, 2.24) is 14.9 Å². The Morgan fingerprint density at radius 3 is 2.97 bits per heavy atom. The van der Waals surface area contributed by atoms with E-state index in [0.29, 0.717) is 24.5 Å². The van der Waals surface area contributed by atoms with E-state index in [-0.39, 0.29) is 18.1 Å². The van der Waals surface area contributed by atoms with Crippen molar-refractivity contribution in [2.45, 2.75) is 38.6 Å². The lowest BCUT2D eigenvalue weighted by atomic mass is 9.93. The Morgan fingerprint density at radius 2 is 2.06 bits per heavy atom. The molecular weight excluding hydrogens is 476 g/mol. The van der Waals surface area contributed by atoms with Crippen LogP contribution in [0.3, 0.4) is 0 Å². The SMILES string of the molecule is CC1OCc2c1c(N)nc1ccc(C(=O)N3Cc4ccsc4CC3c3ccc4scnc4c3)cc21. The number of thiophene rings is 1. The Balaban J connectivity index is 1.32. The van der Waals surface area contributed by atoms with E-state index in [4.69, 9.17) is 10.5 Å². The number of benzene rings is 2. The van der Waals surface area contributed by atoms with Crippen molar-refractivity contribution in [2.24, 2.45) is 0 Å². The zero-order chi connectivity index (χ0) is 23.7. The molecule has 2 atom stereocenters. The molecule has 2 aliphatic heterocycles. The van der Waals surface area contributed by atoms with Gasteiger partial charge in [-0.05, 0) is 65.4 Å². The van der Waals surface area contributed by atoms with Crippen molar-refractivity contribution in [2.75, 3.05) is 5.73 Å². The van der Waals surface area contributed by atoms with Gasteiger partial charge in [-0.3, -0.25) is 4.79 Å². The van der Waals surface area contributed by atoms with Gasteiger partial charge in [0.1, 0.15) is 5.82 Å². The predicted octanol–water partition coefficient (Wildman–Crippen LogP) is 6.02. The number of rotatable bonds is 2. The fraction of sp³-hybridized carbons (Fsp3) is 0.222. The Labute approximate surface area is 210 Å². The van der Waals surface area contributed by atoms with Gasteiger partial charge in [-0.2, -0.15) is 0 Å². The first-order valence-electron chi connectivity index (χ1n) is 11.6. The molecule has 0 radical (unpaired) electrons. The molecule has 2 unspecified atom stereocenters. The molecule has 0 bridgehead atoms. The van der Waals surface area contributed by atoms with E-state index in [1.807, 2.05) is 35.5 Å². The first kappa shape index (κ1) is 21.0. The van der Waals surface area contributed by atoms with Crippen molar-refractivity contribution in [1.29, 1.82) is 0 Å². The number of carbonyl (C=O) groups is 1. The van der Waals surface area contributed by atoms with Crippen LogP contribution in [-0.2, 0) is 24.3 Å².